The van der Waals surface area contributed by atoms with Crippen LogP contribution < -0.4 is 5.32 Å². The molecule has 1 aromatic carbocycles. The van der Waals surface area contributed by atoms with Crippen LogP contribution in [0.15, 0.2) is 28.7 Å². The number of alkyl halides is 1. The van der Waals surface area contributed by atoms with Crippen LogP contribution in [0.5, 0.6) is 0 Å². The highest BCUT2D eigenvalue weighted by molar-refractivity contribution is 14.1. The van der Waals surface area contributed by atoms with Gasteiger partial charge in [0.2, 0.25) is 0 Å². The summed E-state index contributed by atoms with van der Waals surface area (Å²) >= 11 is 5.82. The molecule has 1 N–H and O–H groups in total. The molecule has 1 aromatic rings. The first kappa shape index (κ1) is 11.5. The fourth-order valence-corrected chi connectivity index (χ4v) is 1.67. The summed E-state index contributed by atoms with van der Waals surface area (Å²) in [6.07, 6.45) is 1.25. The Labute approximate surface area is 102 Å². The molecular weight excluding hydrogens is 341 g/mol. The molecular formula is C10H13BrIN. The summed E-state index contributed by atoms with van der Waals surface area (Å²) in [6, 6.07) is 8.44. The van der Waals surface area contributed by atoms with Crippen LogP contribution in [0.3, 0.4) is 0 Å². The van der Waals surface area contributed by atoms with Gasteiger partial charge in [-0.2, -0.15) is 0 Å². The van der Waals surface area contributed by atoms with Crippen molar-refractivity contribution in [3.63, 3.8) is 0 Å². The first-order valence-corrected chi connectivity index (χ1v) is 6.66. The average Bonchev–Trinajstić information content (AvgIpc) is 2.15. The minimum atomic E-state index is 0.976. The van der Waals surface area contributed by atoms with Gasteiger partial charge in [0.1, 0.15) is 0 Å². The average molecular weight is 354 g/mol. The van der Waals surface area contributed by atoms with Crippen molar-refractivity contribution in [2.75, 3.05) is 11.0 Å². The summed E-state index contributed by atoms with van der Waals surface area (Å²) in [6.45, 7) is 2.09. The molecule has 13 heavy (non-hydrogen) atoms. The number of rotatable bonds is 5. The topological polar surface area (TPSA) is 12.0 Å². The minimum absolute atomic E-state index is 0.976. The maximum Gasteiger partial charge on any atom is 0.0205 e. The minimum Gasteiger partial charge on any atom is -0.313 e. The smallest absolute Gasteiger partial charge is 0.0205 e. The van der Waals surface area contributed by atoms with E-state index in [0.717, 1.165) is 17.6 Å². The molecule has 0 aromatic heterocycles. The van der Waals surface area contributed by atoms with Crippen LogP contribution in [0.25, 0.3) is 0 Å². The van der Waals surface area contributed by atoms with Crippen LogP contribution in [0.4, 0.5) is 0 Å². The molecule has 72 valence electrons. The number of nitrogens with one attached hydrogen (secondary N) is 1. The summed E-state index contributed by atoms with van der Waals surface area (Å²) < 4.78 is 2.37. The molecule has 0 saturated carbocycles. The van der Waals surface area contributed by atoms with E-state index < -0.39 is 0 Å². The molecule has 0 fully saturated rings. The van der Waals surface area contributed by atoms with Crippen molar-refractivity contribution in [3.05, 3.63) is 34.3 Å². The normalized spacial score (nSPS) is 10.3. The van der Waals surface area contributed by atoms with Gasteiger partial charge in [0, 0.05) is 15.4 Å². The van der Waals surface area contributed by atoms with Gasteiger partial charge in [0.05, 0.1) is 0 Å². The van der Waals surface area contributed by atoms with Crippen LogP contribution in [0.1, 0.15) is 12.0 Å². The number of benzene rings is 1. The fraction of sp³-hybridized carbons (Fsp3) is 0.400. The summed E-state index contributed by atoms with van der Waals surface area (Å²) in [5.41, 5.74) is 1.34. The summed E-state index contributed by atoms with van der Waals surface area (Å²) in [5.74, 6) is 0. The van der Waals surface area contributed by atoms with E-state index in [9.17, 15) is 0 Å². The maximum absolute atomic E-state index is 3.42. The standard InChI is InChI=1S/C10H13BrIN/c11-10-4-2-9(3-5-10)8-13-7-1-6-12/h2-5,13H,1,6-8H2. The lowest BCUT2D eigenvalue weighted by Crippen LogP contribution is -2.14. The molecule has 0 heterocycles. The molecule has 0 aliphatic rings. The quantitative estimate of drug-likeness (QED) is 0.486. The Morgan fingerprint density at radius 3 is 2.54 bits per heavy atom. The lowest BCUT2D eigenvalue weighted by Gasteiger charge is -2.03. The molecule has 0 bridgehead atoms. The van der Waals surface area contributed by atoms with Gasteiger partial charge >= 0.3 is 0 Å². The van der Waals surface area contributed by atoms with Crippen molar-refractivity contribution in [1.29, 1.82) is 0 Å². The molecule has 1 rings (SSSR count). The third-order valence-corrected chi connectivity index (χ3v) is 3.02. The van der Waals surface area contributed by atoms with Crippen LogP contribution >= 0.6 is 38.5 Å². The summed E-state index contributed by atoms with van der Waals surface area (Å²) in [5, 5.41) is 3.40. The van der Waals surface area contributed by atoms with Crippen molar-refractivity contribution in [2.24, 2.45) is 0 Å². The Morgan fingerprint density at radius 1 is 1.23 bits per heavy atom. The lowest BCUT2D eigenvalue weighted by molar-refractivity contribution is 0.681. The zero-order valence-electron chi connectivity index (χ0n) is 7.39. The van der Waals surface area contributed by atoms with E-state index in [4.69, 9.17) is 0 Å². The first-order valence-electron chi connectivity index (χ1n) is 4.34. The number of halogens is 2. The third kappa shape index (κ3) is 4.98. The predicted molar refractivity (Wildman–Crippen MR) is 69.4 cm³/mol. The summed E-state index contributed by atoms with van der Waals surface area (Å²) in [7, 11) is 0. The summed E-state index contributed by atoms with van der Waals surface area (Å²) in [4.78, 5) is 0. The van der Waals surface area contributed by atoms with Gasteiger partial charge in [-0.3, -0.25) is 0 Å². The van der Waals surface area contributed by atoms with Gasteiger partial charge in [-0.1, -0.05) is 50.7 Å². The fourth-order valence-electron chi connectivity index (χ4n) is 1.03. The molecule has 0 aliphatic heterocycles. The number of hydrogen-bond donors (Lipinski definition) is 1. The highest BCUT2D eigenvalue weighted by Gasteiger charge is 1.91. The molecule has 0 amide bonds. The SMILES string of the molecule is Brc1ccc(CNCCCI)cc1. The van der Waals surface area contributed by atoms with Crippen molar-refractivity contribution >= 4 is 38.5 Å². The van der Waals surface area contributed by atoms with E-state index in [-0.39, 0.29) is 0 Å². The highest BCUT2D eigenvalue weighted by Crippen LogP contribution is 2.10. The van der Waals surface area contributed by atoms with Crippen LogP contribution in [-0.2, 0) is 6.54 Å². The van der Waals surface area contributed by atoms with Gasteiger partial charge in [0.15, 0.2) is 0 Å². The van der Waals surface area contributed by atoms with E-state index in [1.54, 1.807) is 0 Å². The highest BCUT2D eigenvalue weighted by atomic mass is 127. The molecule has 0 radical (unpaired) electrons. The van der Waals surface area contributed by atoms with E-state index in [1.807, 2.05) is 0 Å². The molecule has 0 aliphatic carbocycles. The second-order valence-corrected chi connectivity index (χ2v) is 4.84. The van der Waals surface area contributed by atoms with Crippen molar-refractivity contribution in [3.8, 4) is 0 Å². The van der Waals surface area contributed by atoms with Gasteiger partial charge in [-0.25, -0.2) is 0 Å². The van der Waals surface area contributed by atoms with Gasteiger partial charge in [0.25, 0.3) is 0 Å². The molecule has 0 saturated heterocycles. The zero-order chi connectivity index (χ0) is 9.52. The third-order valence-electron chi connectivity index (χ3n) is 1.73. The van der Waals surface area contributed by atoms with Crippen molar-refractivity contribution < 1.29 is 0 Å². The lowest BCUT2D eigenvalue weighted by atomic mass is 10.2. The van der Waals surface area contributed by atoms with Crippen molar-refractivity contribution in [1.82, 2.24) is 5.32 Å². The van der Waals surface area contributed by atoms with Gasteiger partial charge < -0.3 is 5.32 Å². The van der Waals surface area contributed by atoms with Crippen molar-refractivity contribution in [2.45, 2.75) is 13.0 Å². The molecule has 1 nitrogen and oxygen atoms in total. The maximum atomic E-state index is 3.42. The van der Waals surface area contributed by atoms with Gasteiger partial charge in [-0.15, -0.1) is 0 Å². The predicted octanol–water partition coefficient (Wildman–Crippen LogP) is 3.36. The Kier molecular flexibility index (Phi) is 5.98. The van der Waals surface area contributed by atoms with E-state index >= 15 is 0 Å². The Hall–Kier alpha value is 0.390. The molecule has 3 heteroatoms. The second-order valence-electron chi connectivity index (χ2n) is 2.85. The largest absolute Gasteiger partial charge is 0.313 e. The van der Waals surface area contributed by atoms with E-state index in [2.05, 4.69) is 68.1 Å². The Balaban J connectivity index is 2.25. The van der Waals surface area contributed by atoms with E-state index in [0.29, 0.717) is 0 Å². The second kappa shape index (κ2) is 6.79. The zero-order valence-corrected chi connectivity index (χ0v) is 11.1. The monoisotopic (exact) mass is 353 g/mol. The van der Waals surface area contributed by atoms with Crippen LogP contribution in [0, 0.1) is 0 Å². The Bertz CT molecular complexity index is 235. The van der Waals surface area contributed by atoms with Crippen LogP contribution in [-0.4, -0.2) is 11.0 Å². The molecule has 0 spiro atoms. The first-order chi connectivity index (χ1) is 6.33. The van der Waals surface area contributed by atoms with Crippen LogP contribution in [0.2, 0.25) is 0 Å². The number of hydrogen-bond acceptors (Lipinski definition) is 1. The Morgan fingerprint density at radius 2 is 1.92 bits per heavy atom. The molecule has 0 unspecified atom stereocenters. The van der Waals surface area contributed by atoms with Gasteiger partial charge in [-0.05, 0) is 30.7 Å². The molecule has 0 atom stereocenters. The van der Waals surface area contributed by atoms with E-state index in [1.165, 1.54) is 16.4 Å².